The van der Waals surface area contributed by atoms with Gasteiger partial charge in [0.05, 0.1) is 32.8 Å². The van der Waals surface area contributed by atoms with Gasteiger partial charge >= 0.3 is 25.4 Å². The lowest BCUT2D eigenvalue weighted by atomic mass is 10.1. The summed E-state index contributed by atoms with van der Waals surface area (Å²) in [5, 5.41) is 24.0. The van der Waals surface area contributed by atoms with E-state index in [9.17, 15) is 29.2 Å². The maximum Gasteiger partial charge on any atom is 0.406 e. The number of nitrogens with one attached hydrogen (secondary N) is 1. The molecule has 1 aliphatic carbocycles. The Kier molecular flexibility index (Phi) is 8.55. The van der Waals surface area contributed by atoms with Gasteiger partial charge in [-0.25, -0.2) is 19.2 Å². The van der Waals surface area contributed by atoms with Gasteiger partial charge in [-0.1, -0.05) is 13.8 Å². The minimum Gasteiger partial charge on any atom is -0.468 e. The molecule has 15 nitrogen and oxygen atoms in total. The van der Waals surface area contributed by atoms with Crippen LogP contribution in [0.4, 0.5) is 5.82 Å². The Morgan fingerprint density at radius 3 is 2.56 bits per heavy atom. The molecule has 1 saturated carbocycles. The van der Waals surface area contributed by atoms with Crippen LogP contribution in [0.3, 0.4) is 0 Å². The Bertz CT molecular complexity index is 1080. The predicted octanol–water partition coefficient (Wildman–Crippen LogP) is -1.06. The number of anilines is 1. The molecule has 7 atom stereocenters. The van der Waals surface area contributed by atoms with Gasteiger partial charge in [-0.15, -0.1) is 0 Å². The van der Waals surface area contributed by atoms with Gasteiger partial charge < -0.3 is 30.2 Å². The molecule has 16 heteroatoms. The predicted molar refractivity (Wildman–Crippen MR) is 121 cm³/mol. The van der Waals surface area contributed by atoms with Crippen LogP contribution in [0.2, 0.25) is 0 Å². The zero-order chi connectivity index (χ0) is 26.8. The number of ether oxygens (including phenoxy) is 3. The van der Waals surface area contributed by atoms with Crippen LogP contribution in [0.5, 0.6) is 0 Å². The van der Waals surface area contributed by atoms with Gasteiger partial charge in [0.15, 0.2) is 12.4 Å². The first-order chi connectivity index (χ1) is 16.8. The number of rotatable bonds is 12. The third-order valence-corrected chi connectivity index (χ3v) is 7.45. The molecule has 202 valence electrons. The smallest absolute Gasteiger partial charge is 0.406 e. The molecule has 7 unspecified atom stereocenters. The fraction of sp³-hybridized carbons (Fsp3) is 0.700. The summed E-state index contributed by atoms with van der Waals surface area (Å²) in [6, 6.07) is -0.652. The first kappa shape index (κ1) is 28.2. The fourth-order valence-corrected chi connectivity index (χ4v) is 5.55. The fourth-order valence-electron chi connectivity index (χ4n) is 4.11. The minimum absolute atomic E-state index is 0.000254. The van der Waals surface area contributed by atoms with E-state index in [-0.39, 0.29) is 18.2 Å². The summed E-state index contributed by atoms with van der Waals surface area (Å²) in [5.41, 5.74) is 4.75. The van der Waals surface area contributed by atoms with E-state index in [2.05, 4.69) is 14.8 Å². The number of carbonyl (C=O) groups excluding carboxylic acids is 2. The lowest BCUT2D eigenvalue weighted by molar-refractivity contribution is -0.162. The van der Waals surface area contributed by atoms with Crippen LogP contribution in [0.15, 0.2) is 17.1 Å². The molecule has 36 heavy (non-hydrogen) atoms. The number of hydrogen-bond donors (Lipinski definition) is 4. The average molecular weight is 534 g/mol. The number of carbonyl (C=O) groups is 2. The van der Waals surface area contributed by atoms with Crippen molar-refractivity contribution >= 4 is 25.5 Å². The molecule has 0 bridgehead atoms. The molecular weight excluding hydrogens is 503 g/mol. The van der Waals surface area contributed by atoms with E-state index in [1.54, 1.807) is 0 Å². The summed E-state index contributed by atoms with van der Waals surface area (Å²) >= 11 is 0. The van der Waals surface area contributed by atoms with Gasteiger partial charge in [0.1, 0.15) is 24.0 Å². The molecule has 0 aromatic carbocycles. The van der Waals surface area contributed by atoms with Gasteiger partial charge in [-0.05, 0) is 18.4 Å². The first-order valence-electron chi connectivity index (χ1n) is 11.1. The van der Waals surface area contributed by atoms with E-state index >= 15 is 0 Å². The van der Waals surface area contributed by atoms with E-state index < -0.39 is 74.6 Å². The largest absolute Gasteiger partial charge is 0.468 e. The summed E-state index contributed by atoms with van der Waals surface area (Å²) in [6.45, 7) is 2.34. The van der Waals surface area contributed by atoms with Crippen molar-refractivity contribution in [2.75, 3.05) is 33.2 Å². The van der Waals surface area contributed by atoms with Crippen molar-refractivity contribution in [3.05, 3.63) is 22.7 Å². The van der Waals surface area contributed by atoms with E-state index in [1.165, 1.54) is 12.3 Å². The van der Waals surface area contributed by atoms with Crippen LogP contribution in [-0.4, -0.2) is 83.2 Å². The summed E-state index contributed by atoms with van der Waals surface area (Å²) in [4.78, 5) is 39.5. The number of methoxy groups -OCH3 is 2. The Labute approximate surface area is 206 Å². The number of esters is 2. The van der Waals surface area contributed by atoms with Gasteiger partial charge in [-0.3, -0.25) is 18.4 Å². The van der Waals surface area contributed by atoms with Crippen molar-refractivity contribution < 1.29 is 47.6 Å². The normalized spacial score (nSPS) is 29.3. The molecule has 0 amide bonds. The maximum absolute atomic E-state index is 13.4. The molecule has 2 aliphatic rings. The van der Waals surface area contributed by atoms with Crippen molar-refractivity contribution in [3.8, 4) is 0 Å². The Morgan fingerprint density at radius 2 is 2.03 bits per heavy atom. The van der Waals surface area contributed by atoms with E-state index in [4.69, 9.17) is 24.3 Å². The van der Waals surface area contributed by atoms with Gasteiger partial charge in [0, 0.05) is 6.20 Å². The summed E-state index contributed by atoms with van der Waals surface area (Å²) in [7, 11) is -2.10. The molecule has 2 fully saturated rings. The van der Waals surface area contributed by atoms with Gasteiger partial charge in [-0.2, -0.15) is 4.98 Å². The topological polar surface area (TPSA) is 211 Å². The standard InChI is InChI=1S/C20H31N4O11P/c1-10(2)7-11(18(27)32-4)23-36(30,34-9-14(25)31-3)33-8-12-16(26)15-17(20(15,29)35-12)24-6-5-13(21)22-19(24)28/h5-6,10-12,15-17,26,29H,7-9H2,1-4H3,(H,23,30)(H2,21,22,28). The van der Waals surface area contributed by atoms with Crippen LogP contribution < -0.4 is 16.5 Å². The monoisotopic (exact) mass is 534 g/mol. The zero-order valence-corrected chi connectivity index (χ0v) is 21.1. The number of aliphatic hydroxyl groups excluding tert-OH is 1. The molecule has 1 aromatic rings. The van der Waals surface area contributed by atoms with Crippen LogP contribution in [0.1, 0.15) is 26.3 Å². The number of nitrogen functional groups attached to an aromatic ring is 1. The molecule has 3 rings (SSSR count). The van der Waals surface area contributed by atoms with Crippen molar-refractivity contribution in [2.24, 2.45) is 11.8 Å². The number of aromatic nitrogens is 2. The number of fused-ring (bicyclic) bond motifs is 1. The summed E-state index contributed by atoms with van der Waals surface area (Å²) in [5.74, 6) is -4.39. The second-order valence-electron chi connectivity index (χ2n) is 8.89. The van der Waals surface area contributed by atoms with E-state index in [1.807, 2.05) is 13.8 Å². The lowest BCUT2D eigenvalue weighted by Crippen LogP contribution is -2.40. The second kappa shape index (κ2) is 10.9. The molecular formula is C20H31N4O11P. The second-order valence-corrected chi connectivity index (χ2v) is 10.7. The highest BCUT2D eigenvalue weighted by molar-refractivity contribution is 7.51. The van der Waals surface area contributed by atoms with E-state index in [0.717, 1.165) is 18.8 Å². The SMILES string of the molecule is COC(=O)COP(=O)(NC(CC(C)C)C(=O)OC)OCC1OC2(O)C(C1O)C2n1ccc(N)nc1=O. The maximum atomic E-state index is 13.4. The van der Waals surface area contributed by atoms with Crippen molar-refractivity contribution in [1.82, 2.24) is 14.6 Å². The Hall–Kier alpha value is -2.39. The highest BCUT2D eigenvalue weighted by Gasteiger charge is 2.76. The zero-order valence-electron chi connectivity index (χ0n) is 20.2. The molecule has 0 radical (unpaired) electrons. The van der Waals surface area contributed by atoms with Gasteiger partial charge in [0.25, 0.3) is 0 Å². The summed E-state index contributed by atoms with van der Waals surface area (Å²) < 4.78 is 39.8. The molecule has 1 saturated heterocycles. The number of nitrogens with zero attached hydrogens (tertiary/aromatic N) is 2. The molecule has 0 spiro atoms. The highest BCUT2D eigenvalue weighted by Crippen LogP contribution is 2.62. The van der Waals surface area contributed by atoms with E-state index in [0.29, 0.717) is 0 Å². The van der Waals surface area contributed by atoms with Crippen LogP contribution >= 0.6 is 7.75 Å². The van der Waals surface area contributed by atoms with Crippen LogP contribution in [-0.2, 0) is 37.4 Å². The number of hydrogen-bond acceptors (Lipinski definition) is 13. The van der Waals surface area contributed by atoms with Crippen molar-refractivity contribution in [3.63, 3.8) is 0 Å². The quantitative estimate of drug-likeness (QED) is 0.186. The average Bonchev–Trinajstić information content (AvgIpc) is 3.32. The summed E-state index contributed by atoms with van der Waals surface area (Å²) in [6.07, 6.45) is -0.969. The minimum atomic E-state index is -4.36. The molecule has 5 N–H and O–H groups in total. The lowest BCUT2D eigenvalue weighted by Gasteiger charge is -2.27. The van der Waals surface area contributed by atoms with Gasteiger partial charge in [0.2, 0.25) is 0 Å². The van der Waals surface area contributed by atoms with Crippen LogP contribution in [0.25, 0.3) is 0 Å². The Balaban J connectivity index is 1.71. The van der Waals surface area contributed by atoms with Crippen molar-refractivity contribution in [1.29, 1.82) is 0 Å². The first-order valence-corrected chi connectivity index (χ1v) is 12.6. The van der Waals surface area contributed by atoms with Crippen LogP contribution in [0, 0.1) is 11.8 Å². The molecule has 2 heterocycles. The third kappa shape index (κ3) is 5.94. The highest BCUT2D eigenvalue weighted by atomic mass is 31.2. The third-order valence-electron chi connectivity index (χ3n) is 5.87. The molecule has 1 aromatic heterocycles. The Morgan fingerprint density at radius 1 is 1.33 bits per heavy atom. The molecule has 1 aliphatic heterocycles. The number of nitrogens with two attached hydrogens (primary N) is 1. The van der Waals surface area contributed by atoms with Crippen molar-refractivity contribution in [2.45, 2.75) is 50.3 Å². The number of aliphatic hydroxyl groups is 2.